The molecule has 1 aromatic rings. The molecule has 0 amide bonds. The molecule has 3 fully saturated rings. The maximum absolute atomic E-state index is 11.9. The Morgan fingerprint density at radius 3 is 2.90 bits per heavy atom. The van der Waals surface area contributed by atoms with Gasteiger partial charge in [-0.1, -0.05) is 0 Å². The first-order valence-electron chi connectivity index (χ1n) is 6.40. The minimum atomic E-state index is -1.28. The Hall–Kier alpha value is -1.48. The smallest absolute Gasteiger partial charge is 0.351 e. The van der Waals surface area contributed by atoms with E-state index in [1.54, 1.807) is 6.92 Å². The average molecular weight is 281 g/mol. The maximum atomic E-state index is 11.9. The van der Waals surface area contributed by atoms with Crippen molar-refractivity contribution in [1.82, 2.24) is 9.55 Å². The van der Waals surface area contributed by atoms with Crippen molar-refractivity contribution in [3.63, 3.8) is 0 Å². The molecule has 3 heterocycles. The maximum Gasteiger partial charge on any atom is 0.351 e. The molecular weight excluding hydrogens is 266 g/mol. The second-order valence-corrected chi connectivity index (χ2v) is 5.91. The molecule has 1 saturated carbocycles. The normalized spacial score (nSPS) is 48.4. The first-order valence-corrected chi connectivity index (χ1v) is 6.40. The molecule has 0 bridgehead atoms. The standard InChI is InChI=1S/C12H15N3O5/c1-10-7-8(15-3-2-6(13)14-9(15)17)20-11(10,5-16)4-12(10,18)19-7/h2-3,7-8,16,18H,4-5H2,1H3,(H2,13,14,17)/t7-,8+,10+,11+,12-/m0/s1. The summed E-state index contributed by atoms with van der Waals surface area (Å²) in [4.78, 5) is 15.6. The van der Waals surface area contributed by atoms with Crippen LogP contribution in [0.25, 0.3) is 0 Å². The van der Waals surface area contributed by atoms with E-state index >= 15 is 0 Å². The predicted molar refractivity (Wildman–Crippen MR) is 65.4 cm³/mol. The van der Waals surface area contributed by atoms with Crippen LogP contribution in [-0.2, 0) is 9.47 Å². The summed E-state index contributed by atoms with van der Waals surface area (Å²) in [6.07, 6.45) is 0.443. The summed E-state index contributed by atoms with van der Waals surface area (Å²) >= 11 is 0. The Kier molecular flexibility index (Phi) is 1.98. The van der Waals surface area contributed by atoms with Gasteiger partial charge in [0.05, 0.1) is 12.0 Å². The number of aliphatic hydroxyl groups is 2. The van der Waals surface area contributed by atoms with Gasteiger partial charge in [-0.05, 0) is 13.0 Å². The fourth-order valence-corrected chi connectivity index (χ4v) is 3.80. The van der Waals surface area contributed by atoms with Crippen molar-refractivity contribution in [2.45, 2.75) is 37.1 Å². The summed E-state index contributed by atoms with van der Waals surface area (Å²) in [7, 11) is 0. The van der Waals surface area contributed by atoms with Gasteiger partial charge in [-0.25, -0.2) is 4.79 Å². The second-order valence-electron chi connectivity index (χ2n) is 5.91. The van der Waals surface area contributed by atoms with Crippen LogP contribution in [0.2, 0.25) is 0 Å². The van der Waals surface area contributed by atoms with Crippen molar-refractivity contribution in [3.8, 4) is 0 Å². The van der Waals surface area contributed by atoms with Crippen LogP contribution in [-0.4, -0.2) is 43.9 Å². The lowest BCUT2D eigenvalue weighted by atomic mass is 9.48. The Labute approximate surface area is 113 Å². The monoisotopic (exact) mass is 281 g/mol. The van der Waals surface area contributed by atoms with Crippen molar-refractivity contribution in [3.05, 3.63) is 22.7 Å². The quantitative estimate of drug-likeness (QED) is 0.608. The highest BCUT2D eigenvalue weighted by atomic mass is 16.7. The number of rotatable bonds is 2. The predicted octanol–water partition coefficient (Wildman–Crippen LogP) is -1.42. The number of hydrogen-bond donors (Lipinski definition) is 3. The largest absolute Gasteiger partial charge is 0.393 e. The van der Waals surface area contributed by atoms with Gasteiger partial charge in [0.15, 0.2) is 12.0 Å². The summed E-state index contributed by atoms with van der Waals surface area (Å²) in [5.74, 6) is -1.15. The van der Waals surface area contributed by atoms with E-state index in [-0.39, 0.29) is 18.8 Å². The third-order valence-electron chi connectivity index (χ3n) is 5.16. The molecule has 0 unspecified atom stereocenters. The Morgan fingerprint density at radius 1 is 1.60 bits per heavy atom. The molecule has 8 nitrogen and oxygen atoms in total. The molecule has 0 spiro atoms. The topological polar surface area (TPSA) is 120 Å². The zero-order valence-corrected chi connectivity index (χ0v) is 10.8. The van der Waals surface area contributed by atoms with E-state index < -0.39 is 34.8 Å². The molecule has 2 saturated heterocycles. The van der Waals surface area contributed by atoms with Crippen molar-refractivity contribution in [2.24, 2.45) is 5.41 Å². The molecule has 3 aliphatic rings. The van der Waals surface area contributed by atoms with Gasteiger partial charge >= 0.3 is 5.69 Å². The summed E-state index contributed by atoms with van der Waals surface area (Å²) < 4.78 is 12.7. The van der Waals surface area contributed by atoms with E-state index in [1.165, 1.54) is 16.8 Å². The lowest BCUT2D eigenvalue weighted by Crippen LogP contribution is -2.84. The van der Waals surface area contributed by atoms with Gasteiger partial charge in [-0.2, -0.15) is 4.98 Å². The molecule has 0 aromatic carbocycles. The van der Waals surface area contributed by atoms with Crippen LogP contribution in [0, 0.1) is 5.41 Å². The SMILES string of the molecule is C[C@]12[C@H]3O[C@@]1(O)C[C@]2(CO)O[C@H]3n1ccc(N)nc1=O. The highest BCUT2D eigenvalue weighted by Gasteiger charge is 2.89. The van der Waals surface area contributed by atoms with Crippen LogP contribution in [0.1, 0.15) is 19.6 Å². The number of anilines is 1. The average Bonchev–Trinajstić information content (AvgIpc) is 2.53. The number of nitrogens with zero attached hydrogens (tertiary/aromatic N) is 2. The van der Waals surface area contributed by atoms with Crippen LogP contribution in [0.15, 0.2) is 17.1 Å². The van der Waals surface area contributed by atoms with Gasteiger partial charge in [0, 0.05) is 12.6 Å². The fraction of sp³-hybridized carbons (Fsp3) is 0.667. The zero-order valence-electron chi connectivity index (χ0n) is 10.8. The van der Waals surface area contributed by atoms with Crippen LogP contribution >= 0.6 is 0 Å². The lowest BCUT2D eigenvalue weighted by Gasteiger charge is -2.70. The van der Waals surface area contributed by atoms with Gasteiger partial charge in [0.2, 0.25) is 0 Å². The molecule has 4 N–H and O–H groups in total. The van der Waals surface area contributed by atoms with E-state index in [1.807, 2.05) is 0 Å². The molecule has 2 aliphatic heterocycles. The summed E-state index contributed by atoms with van der Waals surface area (Å²) in [6, 6.07) is 1.49. The minimum Gasteiger partial charge on any atom is -0.393 e. The van der Waals surface area contributed by atoms with Gasteiger partial charge in [0.25, 0.3) is 0 Å². The van der Waals surface area contributed by atoms with Crippen molar-refractivity contribution in [2.75, 3.05) is 12.3 Å². The van der Waals surface area contributed by atoms with Crippen molar-refractivity contribution < 1.29 is 19.7 Å². The second kappa shape index (κ2) is 3.22. The molecule has 20 heavy (non-hydrogen) atoms. The zero-order chi connectivity index (χ0) is 14.3. The van der Waals surface area contributed by atoms with Gasteiger partial charge < -0.3 is 25.4 Å². The van der Waals surface area contributed by atoms with E-state index in [4.69, 9.17) is 15.2 Å². The third-order valence-corrected chi connectivity index (χ3v) is 5.16. The van der Waals surface area contributed by atoms with Crippen molar-refractivity contribution >= 4 is 5.82 Å². The summed E-state index contributed by atoms with van der Waals surface area (Å²) in [6.45, 7) is 1.57. The Bertz CT molecular complexity index is 663. The third kappa shape index (κ3) is 1.02. The number of nitrogen functional groups attached to an aromatic ring is 1. The molecule has 1 aliphatic carbocycles. The summed E-state index contributed by atoms with van der Waals surface area (Å²) in [5.41, 5.74) is 3.31. The molecule has 8 heteroatoms. The highest BCUT2D eigenvalue weighted by molar-refractivity contribution is 5.31. The number of hydrogen-bond acceptors (Lipinski definition) is 7. The number of nitrogens with two attached hydrogens (primary N) is 1. The molecule has 0 radical (unpaired) electrons. The van der Waals surface area contributed by atoms with Gasteiger partial charge in [-0.3, -0.25) is 4.57 Å². The number of ether oxygens (including phenoxy) is 2. The summed E-state index contributed by atoms with van der Waals surface area (Å²) in [5, 5.41) is 19.9. The van der Waals surface area contributed by atoms with E-state index in [2.05, 4.69) is 4.98 Å². The van der Waals surface area contributed by atoms with Crippen LogP contribution in [0.5, 0.6) is 0 Å². The minimum absolute atomic E-state index is 0.126. The molecular formula is C12H15N3O5. The molecule has 108 valence electrons. The Morgan fingerprint density at radius 2 is 2.35 bits per heavy atom. The fourth-order valence-electron chi connectivity index (χ4n) is 3.80. The number of aromatic nitrogens is 2. The lowest BCUT2D eigenvalue weighted by molar-refractivity contribution is -0.482. The van der Waals surface area contributed by atoms with Gasteiger partial charge in [0.1, 0.15) is 17.5 Å². The first-order chi connectivity index (χ1) is 9.37. The molecule has 1 aromatic heterocycles. The van der Waals surface area contributed by atoms with Crippen molar-refractivity contribution in [1.29, 1.82) is 0 Å². The van der Waals surface area contributed by atoms with E-state index in [9.17, 15) is 15.0 Å². The first kappa shape index (κ1) is 12.3. The van der Waals surface area contributed by atoms with Crippen LogP contribution < -0.4 is 11.4 Å². The van der Waals surface area contributed by atoms with Crippen LogP contribution in [0.4, 0.5) is 5.82 Å². The van der Waals surface area contributed by atoms with Gasteiger partial charge in [-0.15, -0.1) is 0 Å². The highest BCUT2D eigenvalue weighted by Crippen LogP contribution is 2.75. The molecule has 4 rings (SSSR count). The van der Waals surface area contributed by atoms with E-state index in [0.717, 1.165) is 0 Å². The number of aliphatic hydroxyl groups excluding tert-OH is 1. The Balaban J connectivity index is 1.78. The van der Waals surface area contributed by atoms with E-state index in [0.29, 0.717) is 0 Å². The molecule has 5 atom stereocenters. The van der Waals surface area contributed by atoms with Crippen LogP contribution in [0.3, 0.4) is 0 Å².